The third-order valence-corrected chi connectivity index (χ3v) is 11.5. The fourth-order valence-corrected chi connectivity index (χ4v) is 7.77. The van der Waals surface area contributed by atoms with E-state index >= 15 is 0 Å². The van der Waals surface area contributed by atoms with E-state index < -0.39 is 6.10 Å². The molecule has 0 saturated carbocycles. The third-order valence-electron chi connectivity index (χ3n) is 11.5. The molecule has 2 unspecified atom stereocenters. The quantitative estimate of drug-likeness (QED) is 0.0580. The van der Waals surface area contributed by atoms with Gasteiger partial charge >= 0.3 is 5.97 Å². The number of methoxy groups -OCH3 is 1. The number of ketones is 3. The number of carbonyl (C=O) groups excluding carboxylic acids is 4. The molecule has 6 nitrogen and oxygen atoms in total. The van der Waals surface area contributed by atoms with Crippen LogP contribution in [-0.2, 0) is 28.7 Å². The van der Waals surface area contributed by atoms with Gasteiger partial charge in [-0.3, -0.25) is 14.4 Å². The second-order valence-corrected chi connectivity index (χ2v) is 18.1. The molecule has 0 fully saturated rings. The highest BCUT2D eigenvalue weighted by atomic mass is 16.5. The van der Waals surface area contributed by atoms with Crippen LogP contribution in [0, 0.1) is 10.8 Å². The van der Waals surface area contributed by atoms with Crippen LogP contribution in [0.25, 0.3) is 0 Å². The first kappa shape index (κ1) is 51.7. The van der Waals surface area contributed by atoms with Crippen LogP contribution in [0.1, 0.15) is 153 Å². The maximum atomic E-state index is 13.3. The van der Waals surface area contributed by atoms with E-state index in [9.17, 15) is 19.2 Å². The molecule has 0 aromatic rings. The summed E-state index contributed by atoms with van der Waals surface area (Å²) in [6.45, 7) is 22.2. The van der Waals surface area contributed by atoms with Gasteiger partial charge in [0.15, 0.2) is 17.7 Å². The Hall–Kier alpha value is -4.42. The smallest absolute Gasteiger partial charge is 0.306 e. The van der Waals surface area contributed by atoms with Gasteiger partial charge in [0.25, 0.3) is 0 Å². The minimum absolute atomic E-state index is 0.0769. The number of carbonyl (C=O) groups is 4. The van der Waals surface area contributed by atoms with Gasteiger partial charge in [0.05, 0.1) is 0 Å². The van der Waals surface area contributed by atoms with Gasteiger partial charge in [-0.25, -0.2) is 0 Å². The molecular formula is C54H76O6. The number of hydrogen-bond acceptors (Lipinski definition) is 6. The van der Waals surface area contributed by atoms with Gasteiger partial charge in [-0.1, -0.05) is 174 Å². The van der Waals surface area contributed by atoms with Crippen LogP contribution < -0.4 is 0 Å². The second kappa shape index (κ2) is 26.0. The maximum absolute atomic E-state index is 13.3. The highest BCUT2D eigenvalue weighted by Crippen LogP contribution is 2.42. The summed E-state index contributed by atoms with van der Waals surface area (Å²) in [6, 6.07) is 0. The van der Waals surface area contributed by atoms with Crippen molar-refractivity contribution in [3.05, 3.63) is 130 Å². The van der Waals surface area contributed by atoms with Gasteiger partial charge in [0, 0.05) is 26.4 Å². The van der Waals surface area contributed by atoms with Crippen LogP contribution in [0.5, 0.6) is 0 Å². The van der Waals surface area contributed by atoms with Crippen molar-refractivity contribution in [2.24, 2.45) is 10.8 Å². The van der Waals surface area contributed by atoms with Crippen molar-refractivity contribution in [3.8, 4) is 0 Å². The Bertz CT molecular complexity index is 1850. The van der Waals surface area contributed by atoms with Crippen LogP contribution in [0.4, 0.5) is 0 Å². The summed E-state index contributed by atoms with van der Waals surface area (Å²) in [6.07, 6.45) is 38.2. The van der Waals surface area contributed by atoms with E-state index in [1.807, 2.05) is 57.2 Å². The lowest BCUT2D eigenvalue weighted by Gasteiger charge is -2.36. The lowest BCUT2D eigenvalue weighted by atomic mass is 9.71. The van der Waals surface area contributed by atoms with Crippen LogP contribution >= 0.6 is 0 Å². The Morgan fingerprint density at radius 1 is 0.550 bits per heavy atom. The lowest BCUT2D eigenvalue weighted by Crippen LogP contribution is -2.39. The van der Waals surface area contributed by atoms with Gasteiger partial charge in [-0.2, -0.15) is 0 Å². The molecule has 0 amide bonds. The number of allylic oxidation sites excluding steroid dienone is 20. The average Bonchev–Trinajstić information content (AvgIpc) is 3.17. The van der Waals surface area contributed by atoms with E-state index in [2.05, 4.69) is 97.1 Å². The number of Topliss-reactive ketones (excluding diaryl/α,β-unsaturated/α-hetero) is 3. The number of ether oxygens (including phenoxy) is 2. The van der Waals surface area contributed by atoms with Crippen LogP contribution in [0.15, 0.2) is 130 Å². The maximum Gasteiger partial charge on any atom is 0.306 e. The Morgan fingerprint density at radius 3 is 1.35 bits per heavy atom. The lowest BCUT2D eigenvalue weighted by molar-refractivity contribution is -0.156. The normalized spacial score (nSPS) is 21.0. The Balaban J connectivity index is 1.86. The van der Waals surface area contributed by atoms with Gasteiger partial charge in [0.1, 0.15) is 11.9 Å². The summed E-state index contributed by atoms with van der Waals surface area (Å²) >= 11 is 0. The van der Waals surface area contributed by atoms with Crippen LogP contribution in [-0.4, -0.2) is 42.6 Å². The summed E-state index contributed by atoms with van der Waals surface area (Å²) in [5.41, 5.74) is 7.45. The molecule has 328 valence electrons. The fraction of sp³-hybridized carbons (Fsp3) is 0.519. The standard InChI is InChI=1S/C54H76O6/c1-39(27-23-29-41(3)33-35-46-44(6)51(57)48(59-12)37-53(46,8)9)25-21-22-26-40(2)28-24-30-42(4)34-36-47-45(7)52(58)49(38-54(47,10)11)60-50(56)32-20-18-16-14-13-15-17-19-31-43(5)55/h21-30,33-36,48-49H,13-20,31-32,37-38H2,1-12H3/b22-21+,27-23+,28-24+,35-33+,36-34+,39-25+,40-26+,41-29+,42-30+. The van der Waals surface area contributed by atoms with E-state index in [1.54, 1.807) is 14.0 Å². The van der Waals surface area contributed by atoms with E-state index in [0.29, 0.717) is 31.3 Å². The molecule has 0 radical (unpaired) electrons. The van der Waals surface area contributed by atoms with Crippen LogP contribution in [0.2, 0.25) is 0 Å². The Morgan fingerprint density at radius 2 is 0.917 bits per heavy atom. The fourth-order valence-electron chi connectivity index (χ4n) is 7.77. The first-order valence-corrected chi connectivity index (χ1v) is 22.1. The molecule has 2 aliphatic rings. The van der Waals surface area contributed by atoms with Crippen molar-refractivity contribution in [1.29, 1.82) is 0 Å². The van der Waals surface area contributed by atoms with E-state index in [1.165, 1.54) is 0 Å². The molecule has 6 heteroatoms. The second-order valence-electron chi connectivity index (χ2n) is 18.1. The zero-order chi connectivity index (χ0) is 44.9. The van der Waals surface area contributed by atoms with Crippen molar-refractivity contribution in [3.63, 3.8) is 0 Å². The van der Waals surface area contributed by atoms with Gasteiger partial charge < -0.3 is 14.3 Å². The van der Waals surface area contributed by atoms with E-state index in [0.717, 1.165) is 90.4 Å². The van der Waals surface area contributed by atoms with E-state index in [-0.39, 0.29) is 40.3 Å². The first-order chi connectivity index (χ1) is 28.3. The molecule has 0 saturated heterocycles. The molecule has 0 spiro atoms. The SMILES string of the molecule is COC1CC(C)(C)C(/C=C/C(C)=C/C=C/C(C)=C/C=C/C=C(C)/C=C/C=C(C)/C=C/C2=C(C)C(=O)C(OC(=O)CCCCCCCCCCC(C)=O)CC2(C)C)=C(C)C1=O. The molecule has 2 rings (SSSR count). The topological polar surface area (TPSA) is 86.7 Å². The van der Waals surface area contributed by atoms with Gasteiger partial charge in [-0.15, -0.1) is 0 Å². The predicted molar refractivity (Wildman–Crippen MR) is 250 cm³/mol. The molecule has 0 N–H and O–H groups in total. The summed E-state index contributed by atoms with van der Waals surface area (Å²) in [5, 5.41) is 0. The minimum Gasteiger partial charge on any atom is -0.454 e. The number of esters is 1. The van der Waals surface area contributed by atoms with Crippen molar-refractivity contribution >= 4 is 23.3 Å². The van der Waals surface area contributed by atoms with Crippen molar-refractivity contribution in [2.45, 2.75) is 165 Å². The van der Waals surface area contributed by atoms with E-state index in [4.69, 9.17) is 9.47 Å². The summed E-state index contributed by atoms with van der Waals surface area (Å²) in [7, 11) is 1.60. The third kappa shape index (κ3) is 18.5. The monoisotopic (exact) mass is 821 g/mol. The van der Waals surface area contributed by atoms with Crippen molar-refractivity contribution in [2.75, 3.05) is 7.11 Å². The summed E-state index contributed by atoms with van der Waals surface area (Å²) < 4.78 is 11.2. The minimum atomic E-state index is -0.735. The predicted octanol–water partition coefficient (Wildman–Crippen LogP) is 13.6. The van der Waals surface area contributed by atoms with Gasteiger partial charge in [-0.05, 0) is 101 Å². The molecule has 0 heterocycles. The van der Waals surface area contributed by atoms with Crippen LogP contribution in [0.3, 0.4) is 0 Å². The zero-order valence-electron chi connectivity index (χ0n) is 39.2. The average molecular weight is 821 g/mol. The molecule has 2 atom stereocenters. The Kier molecular flexibility index (Phi) is 22.4. The number of hydrogen-bond donors (Lipinski definition) is 0. The van der Waals surface area contributed by atoms with Crippen molar-refractivity contribution < 1.29 is 28.7 Å². The highest BCUT2D eigenvalue weighted by molar-refractivity contribution is 6.02. The van der Waals surface area contributed by atoms with Crippen molar-refractivity contribution in [1.82, 2.24) is 0 Å². The molecule has 0 aromatic heterocycles. The molecule has 0 aliphatic heterocycles. The summed E-state index contributed by atoms with van der Waals surface area (Å²) in [4.78, 5) is 49.6. The molecule has 0 bridgehead atoms. The zero-order valence-corrected chi connectivity index (χ0v) is 39.2. The molecule has 0 aromatic carbocycles. The molecular weight excluding hydrogens is 745 g/mol. The summed E-state index contributed by atoms with van der Waals surface area (Å²) in [5.74, 6) is -0.0493. The number of unbranched alkanes of at least 4 members (excludes halogenated alkanes) is 7. The molecule has 60 heavy (non-hydrogen) atoms. The number of rotatable bonds is 23. The Labute approximate surface area is 363 Å². The van der Waals surface area contributed by atoms with Gasteiger partial charge in [0.2, 0.25) is 0 Å². The first-order valence-electron chi connectivity index (χ1n) is 22.1. The molecule has 2 aliphatic carbocycles. The highest BCUT2D eigenvalue weighted by Gasteiger charge is 2.40. The largest absolute Gasteiger partial charge is 0.454 e.